The molecule has 62 valence electrons. The third-order valence-corrected chi connectivity index (χ3v) is 2.26. The summed E-state index contributed by atoms with van der Waals surface area (Å²) < 4.78 is 10.7. The van der Waals surface area contributed by atoms with E-state index in [-0.39, 0.29) is 0 Å². The van der Waals surface area contributed by atoms with Gasteiger partial charge in [-0.1, -0.05) is 0 Å². The summed E-state index contributed by atoms with van der Waals surface area (Å²) in [6.45, 7) is 5.69. The molecule has 0 fully saturated rings. The smallest absolute Gasteiger partial charge is 0.153 e. The van der Waals surface area contributed by atoms with E-state index in [1.807, 2.05) is 13.8 Å². The van der Waals surface area contributed by atoms with Crippen LogP contribution in [0.15, 0.2) is 0 Å². The molecule has 0 saturated heterocycles. The molecule has 0 saturated carbocycles. The average Bonchev–Trinajstić information content (AvgIpc) is 1.89. The Bertz CT molecular complexity index is 83.8. The van der Waals surface area contributed by atoms with Gasteiger partial charge < -0.3 is 15.2 Å². The zero-order valence-electron chi connectivity index (χ0n) is 7.02. The molecule has 0 spiro atoms. The standard InChI is InChI=1S/C6H17NO2Si/c1-3-8-6(10,5-7)9-4-2/h3-5,7H2,1-2,10H3. The molecule has 3 nitrogen and oxygen atoms in total. The predicted octanol–water partition coefficient (Wildman–Crippen LogP) is -0.963. The lowest BCUT2D eigenvalue weighted by molar-refractivity contribution is -0.165. The Labute approximate surface area is 65.3 Å². The molecule has 0 aromatic heterocycles. The van der Waals surface area contributed by atoms with Gasteiger partial charge in [-0.2, -0.15) is 0 Å². The lowest BCUT2D eigenvalue weighted by atomic mass is 10.6. The van der Waals surface area contributed by atoms with Gasteiger partial charge in [0.1, 0.15) is 0 Å². The van der Waals surface area contributed by atoms with Gasteiger partial charge in [-0.15, -0.1) is 0 Å². The fourth-order valence-corrected chi connectivity index (χ4v) is 1.35. The molecule has 4 heteroatoms. The zero-order chi connectivity index (χ0) is 8.04. The highest BCUT2D eigenvalue weighted by Crippen LogP contribution is 2.04. The van der Waals surface area contributed by atoms with Crippen LogP contribution >= 0.6 is 0 Å². The van der Waals surface area contributed by atoms with Crippen LogP contribution in [-0.4, -0.2) is 35.4 Å². The molecule has 0 aliphatic heterocycles. The summed E-state index contributed by atoms with van der Waals surface area (Å²) in [4.78, 5) is 0. The Morgan fingerprint density at radius 1 is 1.30 bits per heavy atom. The predicted molar refractivity (Wildman–Crippen MR) is 45.0 cm³/mol. The molecule has 0 aromatic carbocycles. The van der Waals surface area contributed by atoms with Crippen LogP contribution in [0.25, 0.3) is 0 Å². The van der Waals surface area contributed by atoms with Crippen molar-refractivity contribution in [3.8, 4) is 0 Å². The van der Waals surface area contributed by atoms with Crippen LogP contribution in [0.1, 0.15) is 13.8 Å². The first-order valence-electron chi connectivity index (χ1n) is 3.66. The summed E-state index contributed by atoms with van der Waals surface area (Å²) in [5.74, 6) is 0. The molecule has 0 atom stereocenters. The highest BCUT2D eigenvalue weighted by Gasteiger charge is 2.21. The second-order valence-corrected chi connectivity index (χ2v) is 3.73. The second-order valence-electron chi connectivity index (χ2n) is 2.20. The van der Waals surface area contributed by atoms with Crippen LogP contribution < -0.4 is 5.73 Å². The third-order valence-electron chi connectivity index (χ3n) is 1.27. The van der Waals surface area contributed by atoms with Gasteiger partial charge in [-0.3, -0.25) is 0 Å². The van der Waals surface area contributed by atoms with E-state index in [0.717, 1.165) is 10.2 Å². The minimum absolute atomic E-state index is 0.441. The number of nitrogens with two attached hydrogens (primary N) is 1. The highest BCUT2D eigenvalue weighted by atomic mass is 28.1. The molecular formula is C6H17NO2Si. The van der Waals surface area contributed by atoms with Gasteiger partial charge in [0.05, 0.1) is 10.2 Å². The van der Waals surface area contributed by atoms with E-state index in [1.165, 1.54) is 0 Å². The van der Waals surface area contributed by atoms with Crippen molar-refractivity contribution in [2.24, 2.45) is 5.73 Å². The summed E-state index contributed by atoms with van der Waals surface area (Å²) in [6, 6.07) is 0. The Morgan fingerprint density at radius 3 is 1.90 bits per heavy atom. The van der Waals surface area contributed by atoms with Crippen molar-refractivity contribution in [1.82, 2.24) is 0 Å². The lowest BCUT2D eigenvalue weighted by Gasteiger charge is -2.27. The van der Waals surface area contributed by atoms with E-state index in [1.54, 1.807) is 0 Å². The van der Waals surface area contributed by atoms with E-state index in [4.69, 9.17) is 15.2 Å². The fourth-order valence-electron chi connectivity index (χ4n) is 0.770. The molecule has 0 aliphatic carbocycles. The molecule has 0 amide bonds. The SMILES string of the molecule is CCOC([SiH3])(CN)OCC. The maximum absolute atomic E-state index is 5.46. The van der Waals surface area contributed by atoms with Crippen molar-refractivity contribution in [1.29, 1.82) is 0 Å². The van der Waals surface area contributed by atoms with Crippen LogP contribution in [0, 0.1) is 0 Å². The highest BCUT2D eigenvalue weighted by molar-refractivity contribution is 6.13. The Balaban J connectivity index is 3.69. The van der Waals surface area contributed by atoms with Crippen molar-refractivity contribution in [3.05, 3.63) is 0 Å². The normalized spacial score (nSPS) is 12.3. The van der Waals surface area contributed by atoms with Crippen LogP contribution in [0.2, 0.25) is 0 Å². The monoisotopic (exact) mass is 163 g/mol. The van der Waals surface area contributed by atoms with E-state index in [9.17, 15) is 0 Å². The van der Waals surface area contributed by atoms with Crippen molar-refractivity contribution in [2.75, 3.05) is 19.8 Å². The molecule has 2 N–H and O–H groups in total. The summed E-state index contributed by atoms with van der Waals surface area (Å²) >= 11 is 0. The van der Waals surface area contributed by atoms with E-state index >= 15 is 0 Å². The molecule has 0 heterocycles. The van der Waals surface area contributed by atoms with Crippen molar-refractivity contribution >= 4 is 10.2 Å². The van der Waals surface area contributed by atoms with Gasteiger partial charge in [-0.05, 0) is 13.8 Å². The Morgan fingerprint density at radius 2 is 1.70 bits per heavy atom. The first-order valence-corrected chi connectivity index (χ1v) is 4.66. The van der Waals surface area contributed by atoms with Crippen molar-refractivity contribution in [3.63, 3.8) is 0 Å². The number of hydrogen-bond acceptors (Lipinski definition) is 3. The molecule has 0 aromatic rings. The summed E-state index contributed by atoms with van der Waals surface area (Å²) in [5, 5.41) is 0. The van der Waals surface area contributed by atoms with Crippen LogP contribution in [0.4, 0.5) is 0 Å². The van der Waals surface area contributed by atoms with Crippen molar-refractivity contribution < 1.29 is 9.47 Å². The number of hydrogen-bond donors (Lipinski definition) is 1. The lowest BCUT2D eigenvalue weighted by Crippen LogP contribution is -2.44. The maximum Gasteiger partial charge on any atom is 0.153 e. The van der Waals surface area contributed by atoms with Crippen molar-refractivity contribution in [2.45, 2.75) is 19.3 Å². The minimum atomic E-state index is -0.441. The van der Waals surface area contributed by atoms with E-state index in [2.05, 4.69) is 0 Å². The van der Waals surface area contributed by atoms with E-state index in [0.29, 0.717) is 19.8 Å². The molecular weight excluding hydrogens is 146 g/mol. The van der Waals surface area contributed by atoms with E-state index < -0.39 is 5.41 Å². The molecule has 0 bridgehead atoms. The third kappa shape index (κ3) is 3.31. The number of rotatable bonds is 5. The summed E-state index contributed by atoms with van der Waals surface area (Å²) in [7, 11) is 0.819. The quantitative estimate of drug-likeness (QED) is 0.419. The fraction of sp³-hybridized carbons (Fsp3) is 1.00. The molecule has 0 unspecified atom stereocenters. The first-order chi connectivity index (χ1) is 4.68. The van der Waals surface area contributed by atoms with Crippen LogP contribution in [0.3, 0.4) is 0 Å². The van der Waals surface area contributed by atoms with Gasteiger partial charge in [0, 0.05) is 19.8 Å². The molecule has 0 aliphatic rings. The maximum atomic E-state index is 5.46. The van der Waals surface area contributed by atoms with Gasteiger partial charge in [0.2, 0.25) is 0 Å². The number of ether oxygens (including phenoxy) is 2. The van der Waals surface area contributed by atoms with Gasteiger partial charge >= 0.3 is 0 Å². The molecule has 10 heavy (non-hydrogen) atoms. The Kier molecular flexibility index (Phi) is 4.89. The van der Waals surface area contributed by atoms with Gasteiger partial charge in [0.15, 0.2) is 5.41 Å². The van der Waals surface area contributed by atoms with Gasteiger partial charge in [0.25, 0.3) is 0 Å². The van der Waals surface area contributed by atoms with Crippen LogP contribution in [0.5, 0.6) is 0 Å². The topological polar surface area (TPSA) is 44.5 Å². The summed E-state index contributed by atoms with van der Waals surface area (Å²) in [5.41, 5.74) is 5.02. The average molecular weight is 163 g/mol. The zero-order valence-corrected chi connectivity index (χ0v) is 9.02. The van der Waals surface area contributed by atoms with Crippen LogP contribution in [-0.2, 0) is 9.47 Å². The second kappa shape index (κ2) is 4.84. The summed E-state index contributed by atoms with van der Waals surface area (Å²) in [6.07, 6.45) is 0. The molecule has 0 radical (unpaired) electrons. The largest absolute Gasteiger partial charge is 0.354 e. The molecule has 0 rings (SSSR count). The first kappa shape index (κ1) is 10.1. The van der Waals surface area contributed by atoms with Gasteiger partial charge in [-0.25, -0.2) is 0 Å². The minimum Gasteiger partial charge on any atom is -0.354 e. The Hall–Kier alpha value is 0.0969.